The number of aromatic nitrogens is 2. The highest BCUT2D eigenvalue weighted by Gasteiger charge is 2.65. The Bertz CT molecular complexity index is 1080. The summed E-state index contributed by atoms with van der Waals surface area (Å²) in [6.45, 7) is 1.07. The summed E-state index contributed by atoms with van der Waals surface area (Å²) in [5.74, 6) is -0.847. The molecule has 0 bridgehead atoms. The second-order valence-corrected chi connectivity index (χ2v) is 7.22. The molecule has 0 amide bonds. The molecule has 1 saturated heterocycles. The Morgan fingerprint density at radius 1 is 1.41 bits per heavy atom. The quantitative estimate of drug-likeness (QED) is 0.163. The van der Waals surface area contributed by atoms with Crippen molar-refractivity contribution in [3.8, 4) is 0 Å². The first-order valence-corrected chi connectivity index (χ1v) is 9.84. The zero-order chi connectivity index (χ0) is 21.2. The summed E-state index contributed by atoms with van der Waals surface area (Å²) in [4.78, 5) is 40.8. The number of azide groups is 1. The van der Waals surface area contributed by atoms with Crippen LogP contribution in [0.3, 0.4) is 0 Å². The summed E-state index contributed by atoms with van der Waals surface area (Å²) < 4.78 is 27.7. The standard InChI is InChI=1S/C17H15FIN5O5/c1-16(18)13(28-12(26)10-5-3-2-4-6-10)17(9-19,22-23-20)29-14(16)24-8-7-11(25)21-15(24)27/h2-8,13-14H,9H2,1H3,(H,21,25,27)/t13-,14+,16+,17+/m0/s1. The third-order valence-corrected chi connectivity index (χ3v) is 5.56. The first-order chi connectivity index (χ1) is 13.7. The maximum Gasteiger partial charge on any atom is 0.338 e. The monoisotopic (exact) mass is 515 g/mol. The lowest BCUT2D eigenvalue weighted by Gasteiger charge is -2.30. The van der Waals surface area contributed by atoms with Crippen LogP contribution in [-0.2, 0) is 9.47 Å². The third-order valence-electron chi connectivity index (χ3n) is 4.46. The van der Waals surface area contributed by atoms with E-state index < -0.39 is 40.9 Å². The lowest BCUT2D eigenvalue weighted by Crippen LogP contribution is -2.50. The highest BCUT2D eigenvalue weighted by Crippen LogP contribution is 2.49. The predicted molar refractivity (Wildman–Crippen MR) is 107 cm³/mol. The number of alkyl halides is 2. The van der Waals surface area contributed by atoms with Gasteiger partial charge >= 0.3 is 11.7 Å². The van der Waals surface area contributed by atoms with Gasteiger partial charge in [0.25, 0.3) is 5.56 Å². The smallest absolute Gasteiger partial charge is 0.338 e. The maximum atomic E-state index is 15.9. The number of hydrogen-bond acceptors (Lipinski definition) is 6. The number of benzene rings is 1. The summed E-state index contributed by atoms with van der Waals surface area (Å²) in [5, 5.41) is 3.57. The number of esters is 1. The summed E-state index contributed by atoms with van der Waals surface area (Å²) in [6, 6.07) is 8.90. The fraction of sp³-hybridized carbons (Fsp3) is 0.353. The number of H-pyrrole nitrogens is 1. The van der Waals surface area contributed by atoms with Gasteiger partial charge in [-0.3, -0.25) is 14.3 Å². The molecule has 152 valence electrons. The van der Waals surface area contributed by atoms with Gasteiger partial charge in [-0.05, 0) is 24.6 Å². The van der Waals surface area contributed by atoms with Crippen molar-refractivity contribution in [3.05, 3.63) is 79.4 Å². The molecule has 1 fully saturated rings. The number of nitrogens with one attached hydrogen (secondary N) is 1. The number of rotatable bonds is 5. The lowest BCUT2D eigenvalue weighted by atomic mass is 9.95. The van der Waals surface area contributed by atoms with Gasteiger partial charge in [0.05, 0.1) is 5.56 Å². The van der Waals surface area contributed by atoms with Crippen LogP contribution in [0, 0.1) is 0 Å². The molecule has 1 aromatic carbocycles. The molecule has 0 unspecified atom stereocenters. The van der Waals surface area contributed by atoms with Crippen LogP contribution in [0.25, 0.3) is 10.4 Å². The summed E-state index contributed by atoms with van der Waals surface area (Å²) in [5.41, 5.74) is 3.18. The molecule has 1 aliphatic rings. The van der Waals surface area contributed by atoms with Crippen LogP contribution in [0.5, 0.6) is 0 Å². The zero-order valence-corrected chi connectivity index (χ0v) is 17.1. The maximum absolute atomic E-state index is 15.9. The minimum atomic E-state index is -2.48. The summed E-state index contributed by atoms with van der Waals surface area (Å²) in [6.07, 6.45) is -2.24. The molecular weight excluding hydrogens is 500 g/mol. The van der Waals surface area contributed by atoms with E-state index in [0.717, 1.165) is 23.8 Å². The van der Waals surface area contributed by atoms with Gasteiger partial charge in [0.15, 0.2) is 23.7 Å². The van der Waals surface area contributed by atoms with Crippen LogP contribution in [0.1, 0.15) is 23.5 Å². The van der Waals surface area contributed by atoms with E-state index in [1.165, 1.54) is 12.1 Å². The van der Waals surface area contributed by atoms with E-state index in [9.17, 15) is 14.4 Å². The minimum Gasteiger partial charge on any atom is -0.452 e. The molecule has 1 N–H and O–H groups in total. The molecule has 2 heterocycles. The molecule has 0 saturated carbocycles. The van der Waals surface area contributed by atoms with Crippen LogP contribution in [-0.4, -0.2) is 37.4 Å². The minimum absolute atomic E-state index is 0.0737. The fourth-order valence-corrected chi connectivity index (χ4v) is 3.85. The van der Waals surface area contributed by atoms with Crippen molar-refractivity contribution in [1.29, 1.82) is 0 Å². The molecule has 2 aromatic rings. The van der Waals surface area contributed by atoms with Crippen molar-refractivity contribution in [2.45, 2.75) is 30.6 Å². The van der Waals surface area contributed by atoms with Crippen molar-refractivity contribution >= 4 is 28.6 Å². The van der Waals surface area contributed by atoms with Crippen molar-refractivity contribution in [1.82, 2.24) is 9.55 Å². The second-order valence-electron chi connectivity index (χ2n) is 6.46. The van der Waals surface area contributed by atoms with Gasteiger partial charge in [0.1, 0.15) is 0 Å². The van der Waals surface area contributed by atoms with Crippen molar-refractivity contribution < 1.29 is 18.7 Å². The number of nitrogens with zero attached hydrogens (tertiary/aromatic N) is 4. The highest BCUT2D eigenvalue weighted by atomic mass is 127. The SMILES string of the molecule is C[C@]1(F)[C@H](n2ccc(=O)[nH]c2=O)O[C@@](CI)(N=[N+]=[N-])[C@H]1OC(=O)c1ccccc1. The van der Waals surface area contributed by atoms with Gasteiger partial charge in [-0.2, -0.15) is 0 Å². The van der Waals surface area contributed by atoms with E-state index in [4.69, 9.17) is 15.0 Å². The Kier molecular flexibility index (Phi) is 5.78. The van der Waals surface area contributed by atoms with Gasteiger partial charge in [0, 0.05) is 21.6 Å². The summed E-state index contributed by atoms with van der Waals surface area (Å²) in [7, 11) is 0. The molecule has 0 aliphatic carbocycles. The molecule has 10 nitrogen and oxygen atoms in total. The van der Waals surface area contributed by atoms with Gasteiger partial charge in [-0.15, -0.1) is 0 Å². The largest absolute Gasteiger partial charge is 0.452 e. The number of ether oxygens (including phenoxy) is 2. The Morgan fingerprint density at radius 3 is 2.69 bits per heavy atom. The predicted octanol–water partition coefficient (Wildman–Crippen LogP) is 2.46. The van der Waals surface area contributed by atoms with Crippen molar-refractivity contribution in [2.75, 3.05) is 4.43 Å². The molecule has 1 aromatic heterocycles. The molecule has 12 heteroatoms. The highest BCUT2D eigenvalue weighted by molar-refractivity contribution is 14.1. The van der Waals surface area contributed by atoms with E-state index in [1.54, 1.807) is 18.2 Å². The Balaban J connectivity index is 2.08. The average Bonchev–Trinajstić information content (AvgIpc) is 2.91. The van der Waals surface area contributed by atoms with Gasteiger partial charge in [-0.1, -0.05) is 45.9 Å². The van der Waals surface area contributed by atoms with Crippen LogP contribution in [0.2, 0.25) is 0 Å². The first-order valence-electron chi connectivity index (χ1n) is 8.31. The average molecular weight is 515 g/mol. The number of halogens is 2. The Labute approximate surface area is 176 Å². The first kappa shape index (κ1) is 21.0. The van der Waals surface area contributed by atoms with E-state index in [0.29, 0.717) is 0 Å². The van der Waals surface area contributed by atoms with E-state index in [1.807, 2.05) is 27.6 Å². The lowest BCUT2D eigenvalue weighted by molar-refractivity contribution is -0.0894. The van der Waals surface area contributed by atoms with Crippen LogP contribution < -0.4 is 11.2 Å². The molecule has 3 rings (SSSR count). The number of carbonyl (C=O) groups is 1. The fourth-order valence-electron chi connectivity index (χ4n) is 3.12. The van der Waals surface area contributed by atoms with Crippen LogP contribution in [0.15, 0.2) is 57.3 Å². The van der Waals surface area contributed by atoms with Crippen molar-refractivity contribution in [3.63, 3.8) is 0 Å². The van der Waals surface area contributed by atoms with Gasteiger partial charge in [-0.25, -0.2) is 14.0 Å². The number of carbonyl (C=O) groups excluding carboxylic acids is 1. The molecule has 1 aliphatic heterocycles. The van der Waals surface area contributed by atoms with E-state index >= 15 is 4.39 Å². The van der Waals surface area contributed by atoms with E-state index in [-0.39, 0.29) is 9.99 Å². The topological polar surface area (TPSA) is 139 Å². The normalized spacial score (nSPS) is 28.5. The van der Waals surface area contributed by atoms with Crippen molar-refractivity contribution in [2.24, 2.45) is 5.11 Å². The number of aromatic amines is 1. The van der Waals surface area contributed by atoms with Gasteiger partial charge < -0.3 is 9.47 Å². The molecule has 0 spiro atoms. The third kappa shape index (κ3) is 3.78. The second kappa shape index (κ2) is 7.97. The molecule has 0 radical (unpaired) electrons. The zero-order valence-electron chi connectivity index (χ0n) is 15.0. The molecule has 29 heavy (non-hydrogen) atoms. The Hall–Kier alpha value is -2.70. The van der Waals surface area contributed by atoms with Crippen LogP contribution >= 0.6 is 22.6 Å². The molecular formula is C17H15FIN5O5. The van der Waals surface area contributed by atoms with E-state index in [2.05, 4.69) is 10.0 Å². The van der Waals surface area contributed by atoms with Gasteiger partial charge in [0.2, 0.25) is 0 Å². The molecule has 4 atom stereocenters. The summed E-state index contributed by atoms with van der Waals surface area (Å²) >= 11 is 1.81. The van der Waals surface area contributed by atoms with Crippen LogP contribution in [0.4, 0.5) is 4.39 Å². The Morgan fingerprint density at radius 2 is 2.10 bits per heavy atom. The number of hydrogen-bond donors (Lipinski definition) is 1.